The average molecular weight is 381 g/mol. The normalized spacial score (nSPS) is 20.6. The van der Waals surface area contributed by atoms with E-state index in [-0.39, 0.29) is 11.7 Å². The molecule has 1 N–H and O–H groups in total. The van der Waals surface area contributed by atoms with Crippen LogP contribution in [0.15, 0.2) is 42.5 Å². The molecule has 1 aliphatic heterocycles. The second kappa shape index (κ2) is 8.41. The lowest BCUT2D eigenvalue weighted by atomic mass is 9.85. The molecule has 1 aliphatic carbocycles. The van der Waals surface area contributed by atoms with Gasteiger partial charge in [0.1, 0.15) is 5.82 Å². The van der Waals surface area contributed by atoms with Crippen molar-refractivity contribution in [3.63, 3.8) is 0 Å². The zero-order chi connectivity index (χ0) is 19.5. The molecule has 1 heterocycles. The summed E-state index contributed by atoms with van der Waals surface area (Å²) >= 11 is 0. The minimum absolute atomic E-state index is 0.0742. The maximum atomic E-state index is 13.0. The number of amides is 1. The summed E-state index contributed by atoms with van der Waals surface area (Å²) < 4.78 is 13.0. The molecule has 1 fully saturated rings. The summed E-state index contributed by atoms with van der Waals surface area (Å²) in [6.45, 7) is 4.77. The van der Waals surface area contributed by atoms with Gasteiger partial charge in [0.15, 0.2) is 0 Å². The predicted molar refractivity (Wildman–Crippen MR) is 109 cm³/mol. The Morgan fingerprint density at radius 3 is 2.61 bits per heavy atom. The topological polar surface area (TPSA) is 35.6 Å². The number of carbonyl (C=O) groups excluding carboxylic acids is 1. The van der Waals surface area contributed by atoms with Crippen molar-refractivity contribution >= 4 is 5.91 Å². The van der Waals surface area contributed by atoms with Gasteiger partial charge < -0.3 is 10.2 Å². The molecule has 1 unspecified atom stereocenters. The maximum absolute atomic E-state index is 13.0. The number of aryl methyl sites for hydroxylation is 1. The van der Waals surface area contributed by atoms with Crippen molar-refractivity contribution in [1.29, 1.82) is 0 Å². The SMILES string of the molecule is CN1CCN(C2CCCc3ccc(C(=O)NCc4ccc(F)cc4)cc32)CC1. The Morgan fingerprint density at radius 2 is 1.86 bits per heavy atom. The molecular weight excluding hydrogens is 353 g/mol. The number of nitrogens with zero attached hydrogens (tertiary/aromatic N) is 2. The lowest BCUT2D eigenvalue weighted by Gasteiger charge is -2.40. The summed E-state index contributed by atoms with van der Waals surface area (Å²) in [6.07, 6.45) is 3.47. The predicted octanol–water partition coefficient (Wildman–Crippen LogP) is 3.38. The van der Waals surface area contributed by atoms with Crippen molar-refractivity contribution in [2.75, 3.05) is 33.2 Å². The van der Waals surface area contributed by atoms with E-state index < -0.39 is 0 Å². The summed E-state index contributed by atoms with van der Waals surface area (Å²) in [7, 11) is 2.18. The van der Waals surface area contributed by atoms with E-state index in [1.165, 1.54) is 29.7 Å². The van der Waals surface area contributed by atoms with Crippen LogP contribution in [0.3, 0.4) is 0 Å². The largest absolute Gasteiger partial charge is 0.348 e. The molecule has 28 heavy (non-hydrogen) atoms. The minimum atomic E-state index is -0.264. The third kappa shape index (κ3) is 4.26. The summed E-state index contributed by atoms with van der Waals surface area (Å²) in [6, 6.07) is 12.8. The molecule has 4 rings (SSSR count). The quantitative estimate of drug-likeness (QED) is 0.882. The van der Waals surface area contributed by atoms with E-state index in [9.17, 15) is 9.18 Å². The molecule has 2 aliphatic rings. The molecule has 0 aromatic heterocycles. The second-order valence-corrected chi connectivity index (χ2v) is 7.97. The van der Waals surface area contributed by atoms with E-state index in [0.29, 0.717) is 18.2 Å². The van der Waals surface area contributed by atoms with Gasteiger partial charge in [-0.25, -0.2) is 4.39 Å². The Hall–Kier alpha value is -2.24. The van der Waals surface area contributed by atoms with Crippen LogP contribution in [0.1, 0.15) is 45.9 Å². The highest BCUT2D eigenvalue weighted by Crippen LogP contribution is 2.35. The van der Waals surface area contributed by atoms with E-state index in [4.69, 9.17) is 0 Å². The van der Waals surface area contributed by atoms with Gasteiger partial charge in [-0.3, -0.25) is 9.69 Å². The van der Waals surface area contributed by atoms with Crippen LogP contribution in [-0.4, -0.2) is 48.9 Å². The molecular formula is C23H28FN3O. The fourth-order valence-electron chi connectivity index (χ4n) is 4.31. The van der Waals surface area contributed by atoms with Crippen LogP contribution in [0.2, 0.25) is 0 Å². The van der Waals surface area contributed by atoms with E-state index in [1.807, 2.05) is 6.07 Å². The van der Waals surface area contributed by atoms with Gasteiger partial charge in [-0.1, -0.05) is 18.2 Å². The number of fused-ring (bicyclic) bond motifs is 1. The number of likely N-dealkylation sites (N-methyl/N-ethyl adjacent to an activating group) is 1. The first kappa shape index (κ1) is 19.1. The molecule has 2 aromatic rings. The third-order valence-electron chi connectivity index (χ3n) is 6.04. The zero-order valence-electron chi connectivity index (χ0n) is 16.5. The number of hydrogen-bond acceptors (Lipinski definition) is 3. The van der Waals surface area contributed by atoms with E-state index in [2.05, 4.69) is 34.3 Å². The molecule has 0 bridgehead atoms. The molecule has 148 valence electrons. The third-order valence-corrected chi connectivity index (χ3v) is 6.04. The van der Waals surface area contributed by atoms with E-state index in [0.717, 1.165) is 44.6 Å². The molecule has 1 saturated heterocycles. The second-order valence-electron chi connectivity index (χ2n) is 7.97. The van der Waals surface area contributed by atoms with E-state index in [1.54, 1.807) is 12.1 Å². The monoisotopic (exact) mass is 381 g/mol. The van der Waals surface area contributed by atoms with Crippen molar-refractivity contribution in [2.24, 2.45) is 0 Å². The highest BCUT2D eigenvalue weighted by Gasteiger charge is 2.28. The van der Waals surface area contributed by atoms with Crippen LogP contribution < -0.4 is 5.32 Å². The minimum Gasteiger partial charge on any atom is -0.348 e. The van der Waals surface area contributed by atoms with Crippen LogP contribution in [-0.2, 0) is 13.0 Å². The first-order valence-corrected chi connectivity index (χ1v) is 10.2. The molecule has 0 radical (unpaired) electrons. The maximum Gasteiger partial charge on any atom is 0.251 e. The van der Waals surface area contributed by atoms with Crippen molar-refractivity contribution in [3.05, 3.63) is 70.5 Å². The Morgan fingerprint density at radius 1 is 1.11 bits per heavy atom. The Balaban J connectivity index is 1.47. The molecule has 4 nitrogen and oxygen atoms in total. The van der Waals surface area contributed by atoms with Gasteiger partial charge in [-0.15, -0.1) is 0 Å². The van der Waals surface area contributed by atoms with Gasteiger partial charge in [0, 0.05) is 44.3 Å². The van der Waals surface area contributed by atoms with E-state index >= 15 is 0 Å². The van der Waals surface area contributed by atoms with Gasteiger partial charge in [0.25, 0.3) is 5.91 Å². The Labute approximate surface area is 166 Å². The zero-order valence-corrected chi connectivity index (χ0v) is 16.5. The summed E-state index contributed by atoms with van der Waals surface area (Å²) in [4.78, 5) is 17.6. The lowest BCUT2D eigenvalue weighted by molar-refractivity contribution is 0.0947. The van der Waals surface area contributed by atoms with Crippen molar-refractivity contribution in [1.82, 2.24) is 15.1 Å². The Kier molecular flexibility index (Phi) is 5.74. The van der Waals surface area contributed by atoms with Crippen LogP contribution in [0, 0.1) is 5.82 Å². The fraction of sp³-hybridized carbons (Fsp3) is 0.435. The van der Waals surface area contributed by atoms with Gasteiger partial charge in [-0.2, -0.15) is 0 Å². The van der Waals surface area contributed by atoms with Gasteiger partial charge in [0.05, 0.1) is 0 Å². The summed E-state index contributed by atoms with van der Waals surface area (Å²) in [5.41, 5.74) is 4.31. The highest BCUT2D eigenvalue weighted by molar-refractivity contribution is 5.94. The van der Waals surface area contributed by atoms with Crippen LogP contribution >= 0.6 is 0 Å². The first-order chi connectivity index (χ1) is 13.6. The van der Waals surface area contributed by atoms with Crippen LogP contribution in [0.4, 0.5) is 4.39 Å². The number of nitrogens with one attached hydrogen (secondary N) is 1. The molecule has 2 aromatic carbocycles. The van der Waals surface area contributed by atoms with Crippen LogP contribution in [0.5, 0.6) is 0 Å². The van der Waals surface area contributed by atoms with Crippen molar-refractivity contribution in [3.8, 4) is 0 Å². The molecule has 0 spiro atoms. The number of rotatable bonds is 4. The molecule has 0 saturated carbocycles. The van der Waals surface area contributed by atoms with Gasteiger partial charge in [-0.05, 0) is 67.3 Å². The Bertz CT molecular complexity index is 828. The smallest absolute Gasteiger partial charge is 0.251 e. The fourth-order valence-corrected chi connectivity index (χ4v) is 4.31. The van der Waals surface area contributed by atoms with Gasteiger partial charge >= 0.3 is 0 Å². The number of carbonyl (C=O) groups is 1. The molecule has 1 amide bonds. The van der Waals surface area contributed by atoms with Crippen molar-refractivity contribution in [2.45, 2.75) is 31.8 Å². The number of benzene rings is 2. The summed E-state index contributed by atoms with van der Waals surface area (Å²) in [5, 5.41) is 2.96. The molecule has 5 heteroatoms. The van der Waals surface area contributed by atoms with Crippen molar-refractivity contribution < 1.29 is 9.18 Å². The number of halogens is 1. The summed E-state index contributed by atoms with van der Waals surface area (Å²) in [5.74, 6) is -0.338. The van der Waals surface area contributed by atoms with Crippen LogP contribution in [0.25, 0.3) is 0 Å². The lowest BCUT2D eigenvalue weighted by Crippen LogP contribution is -2.46. The first-order valence-electron chi connectivity index (χ1n) is 10.2. The number of piperazine rings is 1. The van der Waals surface area contributed by atoms with Gasteiger partial charge in [0.2, 0.25) is 0 Å². The number of hydrogen-bond donors (Lipinski definition) is 1. The highest BCUT2D eigenvalue weighted by atomic mass is 19.1. The average Bonchev–Trinajstić information content (AvgIpc) is 2.73. The standard InChI is InChI=1S/C23H28FN3O/c1-26-11-13-27(14-12-26)22-4-2-3-18-7-8-19(15-21(18)22)23(28)25-16-17-5-9-20(24)10-6-17/h5-10,15,22H,2-4,11-14,16H2,1H3,(H,25,28). The molecule has 1 atom stereocenters.